The molecule has 0 aliphatic heterocycles. The van der Waals surface area contributed by atoms with Crippen molar-refractivity contribution in [2.24, 2.45) is 0 Å². The highest BCUT2D eigenvalue weighted by atomic mass is 16.3. The third-order valence-electron chi connectivity index (χ3n) is 3.03. The number of amides is 2. The van der Waals surface area contributed by atoms with Crippen LogP contribution in [-0.4, -0.2) is 36.1 Å². The van der Waals surface area contributed by atoms with Gasteiger partial charge < -0.3 is 20.2 Å². The van der Waals surface area contributed by atoms with Crippen LogP contribution in [0.3, 0.4) is 0 Å². The molecule has 0 bridgehead atoms. The van der Waals surface area contributed by atoms with Crippen LogP contribution in [0, 0.1) is 13.8 Å². The van der Waals surface area contributed by atoms with Crippen molar-refractivity contribution in [1.82, 2.24) is 10.6 Å². The number of hydrogen-bond acceptors (Lipinski definition) is 4. The zero-order chi connectivity index (χ0) is 15.1. The average Bonchev–Trinajstić information content (AvgIpc) is 2.74. The number of carbonyl (C=O) groups is 2. The summed E-state index contributed by atoms with van der Waals surface area (Å²) in [6.45, 7) is 5.33. The number of rotatable bonds is 7. The number of furan rings is 1. The molecule has 0 saturated carbocycles. The van der Waals surface area contributed by atoms with Gasteiger partial charge in [0.05, 0.1) is 12.1 Å². The van der Waals surface area contributed by atoms with Crippen LogP contribution >= 0.6 is 0 Å². The van der Waals surface area contributed by atoms with E-state index in [1.165, 1.54) is 0 Å². The van der Waals surface area contributed by atoms with Gasteiger partial charge in [0.2, 0.25) is 5.91 Å². The summed E-state index contributed by atoms with van der Waals surface area (Å²) in [7, 11) is 0. The van der Waals surface area contributed by atoms with Gasteiger partial charge in [0, 0.05) is 12.6 Å². The number of aryl methyl sites for hydroxylation is 2. The largest absolute Gasteiger partial charge is 0.466 e. The first-order valence-corrected chi connectivity index (χ1v) is 6.73. The molecule has 1 aromatic rings. The van der Waals surface area contributed by atoms with Crippen LogP contribution in [0.1, 0.15) is 41.6 Å². The zero-order valence-electron chi connectivity index (χ0n) is 12.2. The molecule has 20 heavy (non-hydrogen) atoms. The van der Waals surface area contributed by atoms with Gasteiger partial charge in [-0.2, -0.15) is 0 Å². The summed E-state index contributed by atoms with van der Waals surface area (Å²) in [5.74, 6) is 0.597. The molecule has 0 radical (unpaired) electrons. The molecule has 112 valence electrons. The molecule has 0 aliphatic carbocycles. The van der Waals surface area contributed by atoms with Crippen LogP contribution in [0.15, 0.2) is 10.5 Å². The number of nitrogens with one attached hydrogen (secondary N) is 2. The lowest BCUT2D eigenvalue weighted by Crippen LogP contribution is -2.42. The lowest BCUT2D eigenvalue weighted by molar-refractivity contribution is -0.120. The van der Waals surface area contributed by atoms with Crippen molar-refractivity contribution in [2.75, 3.05) is 13.2 Å². The fourth-order valence-corrected chi connectivity index (χ4v) is 1.92. The van der Waals surface area contributed by atoms with Gasteiger partial charge >= 0.3 is 0 Å². The molecule has 6 nitrogen and oxygen atoms in total. The maximum absolute atomic E-state index is 11.9. The quantitative estimate of drug-likeness (QED) is 0.693. The summed E-state index contributed by atoms with van der Waals surface area (Å²) < 4.78 is 5.27. The summed E-state index contributed by atoms with van der Waals surface area (Å²) >= 11 is 0. The monoisotopic (exact) mass is 282 g/mol. The molecule has 3 N–H and O–H groups in total. The average molecular weight is 282 g/mol. The van der Waals surface area contributed by atoms with Crippen molar-refractivity contribution in [2.45, 2.75) is 39.7 Å². The minimum absolute atomic E-state index is 0.0264. The normalized spacial score (nSPS) is 12.0. The molecule has 0 saturated heterocycles. The number of aliphatic hydroxyl groups is 1. The van der Waals surface area contributed by atoms with Crippen LogP contribution in [0.5, 0.6) is 0 Å². The van der Waals surface area contributed by atoms with Gasteiger partial charge in [0.25, 0.3) is 5.91 Å². The van der Waals surface area contributed by atoms with Gasteiger partial charge in [-0.25, -0.2) is 0 Å². The molecule has 0 aliphatic rings. The number of carbonyl (C=O) groups excluding carboxylic acids is 2. The van der Waals surface area contributed by atoms with Gasteiger partial charge in [0.15, 0.2) is 0 Å². The minimum atomic E-state index is -0.329. The van der Waals surface area contributed by atoms with E-state index >= 15 is 0 Å². The van der Waals surface area contributed by atoms with E-state index in [-0.39, 0.29) is 31.0 Å². The van der Waals surface area contributed by atoms with Gasteiger partial charge in [-0.05, 0) is 32.8 Å². The molecular weight excluding hydrogens is 260 g/mol. The highest BCUT2D eigenvalue weighted by Crippen LogP contribution is 2.13. The summed E-state index contributed by atoms with van der Waals surface area (Å²) in [6, 6.07) is 1.57. The van der Waals surface area contributed by atoms with Gasteiger partial charge in [-0.1, -0.05) is 6.92 Å². The minimum Gasteiger partial charge on any atom is -0.466 e. The lowest BCUT2D eigenvalue weighted by atomic mass is 10.1. The number of hydrogen-bond donors (Lipinski definition) is 3. The Bertz CT molecular complexity index is 468. The fourth-order valence-electron chi connectivity index (χ4n) is 1.92. The standard InChI is InChI=1S/C14H22N2O4/c1-4-11(5-6-17)16-13(18)8-15-14(19)12-7-9(2)20-10(12)3/h7,11,17H,4-6,8H2,1-3H3,(H,15,19)(H,16,18). The Morgan fingerprint density at radius 3 is 2.60 bits per heavy atom. The van der Waals surface area contributed by atoms with E-state index in [0.29, 0.717) is 23.5 Å². The van der Waals surface area contributed by atoms with Crippen LogP contribution in [0.2, 0.25) is 0 Å². The van der Waals surface area contributed by atoms with Crippen molar-refractivity contribution >= 4 is 11.8 Å². The Morgan fingerprint density at radius 1 is 1.40 bits per heavy atom. The smallest absolute Gasteiger partial charge is 0.255 e. The highest BCUT2D eigenvalue weighted by molar-refractivity contribution is 5.97. The second-order valence-corrected chi connectivity index (χ2v) is 4.69. The second kappa shape index (κ2) is 7.69. The topological polar surface area (TPSA) is 91.6 Å². The van der Waals surface area contributed by atoms with Gasteiger partial charge in [0.1, 0.15) is 11.5 Å². The van der Waals surface area contributed by atoms with Crippen molar-refractivity contribution in [3.8, 4) is 0 Å². The van der Waals surface area contributed by atoms with Crippen molar-refractivity contribution in [3.05, 3.63) is 23.2 Å². The van der Waals surface area contributed by atoms with E-state index < -0.39 is 0 Å². The first-order chi connectivity index (χ1) is 9.47. The van der Waals surface area contributed by atoms with E-state index in [1.54, 1.807) is 19.9 Å². The van der Waals surface area contributed by atoms with Crippen molar-refractivity contribution < 1.29 is 19.1 Å². The third kappa shape index (κ3) is 4.70. The molecule has 2 amide bonds. The number of aliphatic hydroxyl groups excluding tert-OH is 1. The molecule has 1 heterocycles. The van der Waals surface area contributed by atoms with E-state index in [9.17, 15) is 9.59 Å². The summed E-state index contributed by atoms with van der Waals surface area (Å²) in [6.07, 6.45) is 1.25. The first kappa shape index (κ1) is 16.2. The molecule has 0 fully saturated rings. The van der Waals surface area contributed by atoms with E-state index in [4.69, 9.17) is 9.52 Å². The van der Waals surface area contributed by atoms with Crippen LogP contribution < -0.4 is 10.6 Å². The Labute approximate surface area is 118 Å². The molecule has 1 aromatic heterocycles. The van der Waals surface area contributed by atoms with Gasteiger partial charge in [-0.15, -0.1) is 0 Å². The Morgan fingerprint density at radius 2 is 2.10 bits per heavy atom. The maximum atomic E-state index is 11.9. The fraction of sp³-hybridized carbons (Fsp3) is 0.571. The van der Waals surface area contributed by atoms with Gasteiger partial charge in [-0.3, -0.25) is 9.59 Å². The van der Waals surface area contributed by atoms with E-state index in [1.807, 2.05) is 6.92 Å². The van der Waals surface area contributed by atoms with Crippen molar-refractivity contribution in [1.29, 1.82) is 0 Å². The molecular formula is C14H22N2O4. The molecule has 0 aromatic carbocycles. The molecule has 1 rings (SSSR count). The molecule has 1 unspecified atom stereocenters. The van der Waals surface area contributed by atoms with E-state index in [0.717, 1.165) is 6.42 Å². The Kier molecular flexibility index (Phi) is 6.24. The predicted octanol–water partition coefficient (Wildman–Crippen LogP) is 0.903. The second-order valence-electron chi connectivity index (χ2n) is 4.69. The van der Waals surface area contributed by atoms with Crippen molar-refractivity contribution in [3.63, 3.8) is 0 Å². The third-order valence-corrected chi connectivity index (χ3v) is 3.03. The highest BCUT2D eigenvalue weighted by Gasteiger charge is 2.15. The molecule has 1 atom stereocenters. The maximum Gasteiger partial charge on any atom is 0.255 e. The molecule has 6 heteroatoms. The van der Waals surface area contributed by atoms with Crippen LogP contribution in [0.4, 0.5) is 0 Å². The first-order valence-electron chi connectivity index (χ1n) is 6.73. The van der Waals surface area contributed by atoms with E-state index in [2.05, 4.69) is 10.6 Å². The Balaban J connectivity index is 2.44. The summed E-state index contributed by atoms with van der Waals surface area (Å²) in [5, 5.41) is 14.2. The van der Waals surface area contributed by atoms with Crippen LogP contribution in [-0.2, 0) is 4.79 Å². The zero-order valence-corrected chi connectivity index (χ0v) is 12.2. The molecule has 0 spiro atoms. The SMILES string of the molecule is CCC(CCO)NC(=O)CNC(=O)c1cc(C)oc1C. The summed E-state index contributed by atoms with van der Waals surface area (Å²) in [5.41, 5.74) is 0.442. The van der Waals surface area contributed by atoms with Crippen LogP contribution in [0.25, 0.3) is 0 Å². The predicted molar refractivity (Wildman–Crippen MR) is 74.4 cm³/mol. The summed E-state index contributed by atoms with van der Waals surface area (Å²) in [4.78, 5) is 23.6. The lowest BCUT2D eigenvalue weighted by Gasteiger charge is -2.15. The Hall–Kier alpha value is -1.82.